The summed E-state index contributed by atoms with van der Waals surface area (Å²) in [5.41, 5.74) is 3.07. The van der Waals surface area contributed by atoms with E-state index < -0.39 is 0 Å². The maximum absolute atomic E-state index is 13.2. The van der Waals surface area contributed by atoms with E-state index in [9.17, 15) is 4.39 Å². The van der Waals surface area contributed by atoms with Gasteiger partial charge in [-0.15, -0.1) is 5.10 Å². The average molecular weight is 379 g/mol. The Morgan fingerprint density at radius 2 is 2.09 bits per heavy atom. The van der Waals surface area contributed by atoms with E-state index in [2.05, 4.69) is 31.5 Å². The molecule has 0 amide bonds. The molecule has 4 nitrogen and oxygen atoms in total. The Kier molecular flexibility index (Phi) is 4.54. The van der Waals surface area contributed by atoms with Crippen LogP contribution in [0.25, 0.3) is 5.69 Å². The van der Waals surface area contributed by atoms with E-state index in [1.165, 1.54) is 17.8 Å². The summed E-state index contributed by atoms with van der Waals surface area (Å²) >= 11 is 4.70. The zero-order valence-electron chi connectivity index (χ0n) is 11.7. The van der Waals surface area contributed by atoms with Gasteiger partial charge in [0.25, 0.3) is 0 Å². The predicted octanol–water partition coefficient (Wildman–Crippen LogP) is 4.16. The molecule has 0 aliphatic carbocycles. The maximum Gasteiger partial charge on any atom is 0.214 e. The largest absolute Gasteiger partial charge is 0.214 e. The molecule has 0 spiro atoms. The van der Waals surface area contributed by atoms with Gasteiger partial charge in [-0.2, -0.15) is 4.68 Å². The summed E-state index contributed by atoms with van der Waals surface area (Å²) < 4.78 is 15.4. The van der Waals surface area contributed by atoms with Crippen LogP contribution in [0.5, 0.6) is 0 Å². The van der Waals surface area contributed by atoms with Gasteiger partial charge >= 0.3 is 0 Å². The van der Waals surface area contributed by atoms with E-state index in [1.54, 1.807) is 16.8 Å². The van der Waals surface area contributed by atoms with E-state index in [1.807, 2.05) is 31.2 Å². The van der Waals surface area contributed by atoms with E-state index >= 15 is 0 Å². The molecule has 3 rings (SSSR count). The highest BCUT2D eigenvalue weighted by molar-refractivity contribution is 9.10. The minimum atomic E-state index is -0.265. The van der Waals surface area contributed by atoms with Crippen LogP contribution in [0.2, 0.25) is 0 Å². The average Bonchev–Trinajstić information content (AvgIpc) is 2.97. The van der Waals surface area contributed by atoms with Crippen molar-refractivity contribution in [2.24, 2.45) is 0 Å². The molecule has 112 valence electrons. The number of aryl methyl sites for hydroxylation is 1. The minimum absolute atomic E-state index is 0.265. The smallest absolute Gasteiger partial charge is 0.206 e. The molecule has 0 saturated carbocycles. The maximum atomic E-state index is 13.2. The lowest BCUT2D eigenvalue weighted by Gasteiger charge is -2.05. The summed E-state index contributed by atoms with van der Waals surface area (Å²) in [6, 6.07) is 13.0. The van der Waals surface area contributed by atoms with Gasteiger partial charge in [-0.25, -0.2) is 4.39 Å². The van der Waals surface area contributed by atoms with Gasteiger partial charge in [0.1, 0.15) is 5.82 Å². The summed E-state index contributed by atoms with van der Waals surface area (Å²) in [5.74, 6) is 0.392. The molecule has 1 aromatic heterocycles. The first-order valence-corrected chi connectivity index (χ1v) is 8.33. The molecule has 0 radical (unpaired) electrons. The second-order valence-corrected chi connectivity index (χ2v) is 6.55. The first-order valence-electron chi connectivity index (χ1n) is 6.55. The molecule has 0 fully saturated rings. The number of tetrazole rings is 1. The molecule has 0 bridgehead atoms. The molecule has 0 atom stereocenters. The standard InChI is InChI=1S/C15H12BrFN4S/c1-10-3-2-4-12(7-10)21-15(18-19-20-21)22-9-11-5-6-14(17)13(16)8-11/h2-8H,9H2,1H3. The Morgan fingerprint density at radius 3 is 2.86 bits per heavy atom. The summed E-state index contributed by atoms with van der Waals surface area (Å²) in [6.07, 6.45) is 0. The lowest BCUT2D eigenvalue weighted by atomic mass is 10.2. The third kappa shape index (κ3) is 3.36. The molecule has 0 aliphatic heterocycles. The highest BCUT2D eigenvalue weighted by Gasteiger charge is 2.10. The molecular formula is C15H12BrFN4S. The zero-order valence-corrected chi connectivity index (χ0v) is 14.1. The Labute approximate surface area is 139 Å². The number of thioether (sulfide) groups is 1. The van der Waals surface area contributed by atoms with Gasteiger partial charge in [0.15, 0.2) is 0 Å². The van der Waals surface area contributed by atoms with E-state index in [0.717, 1.165) is 16.8 Å². The molecule has 0 N–H and O–H groups in total. The van der Waals surface area contributed by atoms with Crippen molar-refractivity contribution in [3.05, 3.63) is 63.9 Å². The normalized spacial score (nSPS) is 10.9. The topological polar surface area (TPSA) is 43.6 Å². The first kappa shape index (κ1) is 15.2. The van der Waals surface area contributed by atoms with Crippen molar-refractivity contribution < 1.29 is 4.39 Å². The van der Waals surface area contributed by atoms with Gasteiger partial charge in [-0.05, 0) is 68.7 Å². The van der Waals surface area contributed by atoms with Gasteiger partial charge in [0.05, 0.1) is 10.2 Å². The van der Waals surface area contributed by atoms with Gasteiger partial charge in [0.2, 0.25) is 5.16 Å². The van der Waals surface area contributed by atoms with Crippen molar-refractivity contribution in [3.8, 4) is 5.69 Å². The Morgan fingerprint density at radius 1 is 1.23 bits per heavy atom. The van der Waals surface area contributed by atoms with Crippen molar-refractivity contribution in [2.75, 3.05) is 0 Å². The van der Waals surface area contributed by atoms with Crippen molar-refractivity contribution >= 4 is 27.7 Å². The molecule has 7 heteroatoms. The van der Waals surface area contributed by atoms with E-state index in [-0.39, 0.29) is 5.82 Å². The third-order valence-corrected chi connectivity index (χ3v) is 4.64. The van der Waals surface area contributed by atoms with Crippen molar-refractivity contribution in [1.82, 2.24) is 20.2 Å². The fourth-order valence-electron chi connectivity index (χ4n) is 1.97. The lowest BCUT2D eigenvalue weighted by Crippen LogP contribution is -1.99. The van der Waals surface area contributed by atoms with Crippen LogP contribution >= 0.6 is 27.7 Å². The van der Waals surface area contributed by atoms with E-state index in [0.29, 0.717) is 15.4 Å². The molecule has 2 aromatic carbocycles. The molecule has 0 aliphatic rings. The Hall–Kier alpha value is -1.73. The molecule has 0 saturated heterocycles. The fourth-order valence-corrected chi connectivity index (χ4v) is 3.23. The molecule has 0 unspecified atom stereocenters. The number of aromatic nitrogens is 4. The van der Waals surface area contributed by atoms with Crippen molar-refractivity contribution in [3.63, 3.8) is 0 Å². The molecule has 3 aromatic rings. The van der Waals surface area contributed by atoms with Crippen LogP contribution in [0.4, 0.5) is 4.39 Å². The van der Waals surface area contributed by atoms with Gasteiger partial charge in [-0.3, -0.25) is 0 Å². The first-order chi connectivity index (χ1) is 10.6. The molecular weight excluding hydrogens is 367 g/mol. The number of halogens is 2. The van der Waals surface area contributed by atoms with Crippen molar-refractivity contribution in [1.29, 1.82) is 0 Å². The van der Waals surface area contributed by atoms with Crippen LogP contribution in [-0.4, -0.2) is 20.2 Å². The third-order valence-electron chi connectivity index (χ3n) is 3.04. The predicted molar refractivity (Wildman–Crippen MR) is 87.6 cm³/mol. The highest BCUT2D eigenvalue weighted by Crippen LogP contribution is 2.25. The van der Waals surface area contributed by atoms with Crippen LogP contribution < -0.4 is 0 Å². The highest BCUT2D eigenvalue weighted by atomic mass is 79.9. The Bertz CT molecular complexity index is 806. The lowest BCUT2D eigenvalue weighted by molar-refractivity contribution is 0.620. The number of hydrogen-bond donors (Lipinski definition) is 0. The number of rotatable bonds is 4. The van der Waals surface area contributed by atoms with Crippen molar-refractivity contribution in [2.45, 2.75) is 17.8 Å². The Balaban J connectivity index is 1.79. The SMILES string of the molecule is Cc1cccc(-n2nnnc2SCc2ccc(F)c(Br)c2)c1. The van der Waals surface area contributed by atoms with Crippen LogP contribution in [0.3, 0.4) is 0 Å². The van der Waals surface area contributed by atoms with Gasteiger partial charge in [0, 0.05) is 5.75 Å². The van der Waals surface area contributed by atoms with Crippen LogP contribution in [-0.2, 0) is 5.75 Å². The summed E-state index contributed by atoms with van der Waals surface area (Å²) in [5, 5.41) is 12.5. The minimum Gasteiger partial charge on any atom is -0.206 e. The number of nitrogens with zero attached hydrogens (tertiary/aromatic N) is 4. The quantitative estimate of drug-likeness (QED) is 0.639. The van der Waals surface area contributed by atoms with Crippen LogP contribution in [0.1, 0.15) is 11.1 Å². The summed E-state index contributed by atoms with van der Waals surface area (Å²) in [7, 11) is 0. The second-order valence-electron chi connectivity index (χ2n) is 4.75. The van der Waals surface area contributed by atoms with E-state index in [4.69, 9.17) is 0 Å². The van der Waals surface area contributed by atoms with Gasteiger partial charge < -0.3 is 0 Å². The number of benzene rings is 2. The molecule has 1 heterocycles. The summed E-state index contributed by atoms with van der Waals surface area (Å²) in [4.78, 5) is 0. The summed E-state index contributed by atoms with van der Waals surface area (Å²) in [6.45, 7) is 2.02. The zero-order chi connectivity index (χ0) is 15.5. The monoisotopic (exact) mass is 378 g/mol. The van der Waals surface area contributed by atoms with Crippen LogP contribution in [0, 0.1) is 12.7 Å². The second kappa shape index (κ2) is 6.58. The van der Waals surface area contributed by atoms with Crippen LogP contribution in [0.15, 0.2) is 52.1 Å². The number of hydrogen-bond acceptors (Lipinski definition) is 4. The fraction of sp³-hybridized carbons (Fsp3) is 0.133. The molecule has 22 heavy (non-hydrogen) atoms. The van der Waals surface area contributed by atoms with Gasteiger partial charge in [-0.1, -0.05) is 30.0 Å².